The number of pyridine rings is 1. The average molecular weight is 226 g/mol. The Hall–Kier alpha value is -1.68. The largest absolute Gasteiger partial charge is 0.478 e. The molecule has 1 aromatic carbocycles. The number of carbonyl (C=O) groups is 1. The molecule has 15 heavy (non-hydrogen) atoms. The molecule has 0 unspecified atom stereocenters. The van der Waals surface area contributed by atoms with Gasteiger partial charge in [0.25, 0.3) is 0 Å². The van der Waals surface area contributed by atoms with Crippen molar-refractivity contribution >= 4 is 28.5 Å². The first-order valence-corrected chi connectivity index (χ1v) is 4.45. The van der Waals surface area contributed by atoms with Crippen LogP contribution in [0.5, 0.6) is 0 Å². The maximum atomic E-state index is 13.3. The standard InChI is InChI=1S/C10H5ClFNO2/c11-8-4-2-5-6(10(14)15)1-3-7(12)9(5)13-8/h1-4H,(H,14,15). The van der Waals surface area contributed by atoms with E-state index in [1.165, 1.54) is 18.2 Å². The topological polar surface area (TPSA) is 50.2 Å². The molecule has 0 atom stereocenters. The normalized spacial score (nSPS) is 10.5. The minimum absolute atomic E-state index is 0.00978. The Morgan fingerprint density at radius 2 is 2.07 bits per heavy atom. The van der Waals surface area contributed by atoms with Gasteiger partial charge in [-0.05, 0) is 24.3 Å². The molecule has 0 spiro atoms. The number of aromatic carboxylic acids is 1. The molecular formula is C10H5ClFNO2. The first-order chi connectivity index (χ1) is 7.09. The summed E-state index contributed by atoms with van der Waals surface area (Å²) in [7, 11) is 0. The van der Waals surface area contributed by atoms with Crippen molar-refractivity contribution in [3.8, 4) is 0 Å². The minimum Gasteiger partial charge on any atom is -0.478 e. The first kappa shape index (κ1) is 9.86. The third-order valence-corrected chi connectivity index (χ3v) is 2.21. The van der Waals surface area contributed by atoms with Crippen LogP contribution in [-0.2, 0) is 0 Å². The zero-order valence-electron chi connectivity index (χ0n) is 7.37. The van der Waals surface area contributed by atoms with Crippen molar-refractivity contribution in [2.45, 2.75) is 0 Å². The van der Waals surface area contributed by atoms with Gasteiger partial charge in [-0.3, -0.25) is 0 Å². The number of benzene rings is 1. The van der Waals surface area contributed by atoms with E-state index in [4.69, 9.17) is 16.7 Å². The lowest BCUT2D eigenvalue weighted by molar-refractivity contribution is 0.0699. The van der Waals surface area contributed by atoms with Crippen LogP contribution < -0.4 is 0 Å². The zero-order chi connectivity index (χ0) is 11.0. The van der Waals surface area contributed by atoms with Gasteiger partial charge in [-0.1, -0.05) is 11.6 Å². The van der Waals surface area contributed by atoms with Crippen LogP contribution in [0, 0.1) is 5.82 Å². The highest BCUT2D eigenvalue weighted by Crippen LogP contribution is 2.22. The van der Waals surface area contributed by atoms with Crippen molar-refractivity contribution in [2.75, 3.05) is 0 Å². The van der Waals surface area contributed by atoms with Crippen LogP contribution >= 0.6 is 11.6 Å². The molecule has 0 aliphatic carbocycles. The van der Waals surface area contributed by atoms with Crippen LogP contribution in [0.4, 0.5) is 4.39 Å². The number of rotatable bonds is 1. The SMILES string of the molecule is O=C(O)c1ccc(F)c2nc(Cl)ccc12. The third kappa shape index (κ3) is 1.64. The van der Waals surface area contributed by atoms with Crippen LogP contribution in [0.1, 0.15) is 10.4 Å². The third-order valence-electron chi connectivity index (χ3n) is 2.00. The van der Waals surface area contributed by atoms with Crippen molar-refractivity contribution in [3.63, 3.8) is 0 Å². The summed E-state index contributed by atoms with van der Waals surface area (Å²) >= 11 is 5.60. The van der Waals surface area contributed by atoms with Crippen molar-refractivity contribution in [1.82, 2.24) is 4.98 Å². The van der Waals surface area contributed by atoms with Crippen LogP contribution in [0.15, 0.2) is 24.3 Å². The van der Waals surface area contributed by atoms with Crippen molar-refractivity contribution in [3.05, 3.63) is 40.8 Å². The molecule has 0 aliphatic heterocycles. The van der Waals surface area contributed by atoms with Crippen molar-refractivity contribution in [2.24, 2.45) is 0 Å². The molecule has 0 amide bonds. The summed E-state index contributed by atoms with van der Waals surface area (Å²) in [4.78, 5) is 14.6. The van der Waals surface area contributed by atoms with Gasteiger partial charge in [0.2, 0.25) is 0 Å². The molecule has 0 bridgehead atoms. The number of hydrogen-bond donors (Lipinski definition) is 1. The lowest BCUT2D eigenvalue weighted by Gasteiger charge is -2.02. The summed E-state index contributed by atoms with van der Waals surface area (Å²) in [5, 5.41) is 9.23. The summed E-state index contributed by atoms with van der Waals surface area (Å²) < 4.78 is 13.3. The molecule has 1 heterocycles. The van der Waals surface area contributed by atoms with Gasteiger partial charge in [0, 0.05) is 5.39 Å². The minimum atomic E-state index is -1.12. The highest BCUT2D eigenvalue weighted by Gasteiger charge is 2.12. The second-order valence-electron chi connectivity index (χ2n) is 2.93. The van der Waals surface area contributed by atoms with E-state index in [1.54, 1.807) is 0 Å². The molecule has 1 aromatic heterocycles. The predicted molar refractivity (Wildman–Crippen MR) is 53.7 cm³/mol. The molecule has 3 nitrogen and oxygen atoms in total. The van der Waals surface area contributed by atoms with Crippen LogP contribution in [0.3, 0.4) is 0 Å². The fourth-order valence-electron chi connectivity index (χ4n) is 1.35. The Labute approximate surface area is 89.1 Å². The molecule has 2 rings (SSSR count). The predicted octanol–water partition coefficient (Wildman–Crippen LogP) is 2.73. The lowest BCUT2D eigenvalue weighted by Crippen LogP contribution is -1.99. The van der Waals surface area contributed by atoms with Gasteiger partial charge in [0.1, 0.15) is 16.5 Å². The second kappa shape index (κ2) is 3.47. The number of fused-ring (bicyclic) bond motifs is 1. The molecule has 1 N–H and O–H groups in total. The fraction of sp³-hybridized carbons (Fsp3) is 0. The summed E-state index contributed by atoms with van der Waals surface area (Å²) in [6.45, 7) is 0. The number of carboxylic acid groups (broad SMARTS) is 1. The average Bonchev–Trinajstić information content (AvgIpc) is 2.19. The van der Waals surface area contributed by atoms with E-state index in [0.717, 1.165) is 6.07 Å². The summed E-state index contributed by atoms with van der Waals surface area (Å²) in [5.74, 6) is -1.71. The van der Waals surface area contributed by atoms with Crippen molar-refractivity contribution in [1.29, 1.82) is 0 Å². The van der Waals surface area contributed by atoms with Crippen LogP contribution in [-0.4, -0.2) is 16.1 Å². The van der Waals surface area contributed by atoms with E-state index in [2.05, 4.69) is 4.98 Å². The quantitative estimate of drug-likeness (QED) is 0.760. The Kier molecular flexibility index (Phi) is 2.28. The van der Waals surface area contributed by atoms with Crippen LogP contribution in [0.25, 0.3) is 10.9 Å². The van der Waals surface area contributed by atoms with E-state index in [0.29, 0.717) is 0 Å². The van der Waals surface area contributed by atoms with Gasteiger partial charge >= 0.3 is 5.97 Å². The smallest absolute Gasteiger partial charge is 0.336 e. The maximum Gasteiger partial charge on any atom is 0.336 e. The van der Waals surface area contributed by atoms with Gasteiger partial charge in [-0.15, -0.1) is 0 Å². The highest BCUT2D eigenvalue weighted by atomic mass is 35.5. The van der Waals surface area contributed by atoms with Gasteiger partial charge in [0.05, 0.1) is 5.56 Å². The number of carboxylic acids is 1. The summed E-state index contributed by atoms with van der Waals surface area (Å²) in [6, 6.07) is 5.14. The van der Waals surface area contributed by atoms with E-state index >= 15 is 0 Å². The number of hydrogen-bond acceptors (Lipinski definition) is 2. The number of nitrogens with zero attached hydrogens (tertiary/aromatic N) is 1. The summed E-state index contributed by atoms with van der Waals surface area (Å²) in [5.41, 5.74) is -0.0158. The highest BCUT2D eigenvalue weighted by molar-refractivity contribution is 6.29. The molecule has 5 heteroatoms. The Morgan fingerprint density at radius 1 is 1.33 bits per heavy atom. The Balaban J connectivity index is 2.88. The van der Waals surface area contributed by atoms with Gasteiger partial charge in [0.15, 0.2) is 0 Å². The van der Waals surface area contributed by atoms with Gasteiger partial charge in [-0.25, -0.2) is 14.2 Å². The van der Waals surface area contributed by atoms with E-state index in [9.17, 15) is 9.18 Å². The molecule has 0 radical (unpaired) electrons. The van der Waals surface area contributed by atoms with E-state index in [1.807, 2.05) is 0 Å². The van der Waals surface area contributed by atoms with Crippen LogP contribution in [0.2, 0.25) is 5.15 Å². The maximum absolute atomic E-state index is 13.3. The summed E-state index contributed by atoms with van der Waals surface area (Å²) in [6.07, 6.45) is 0. The van der Waals surface area contributed by atoms with E-state index < -0.39 is 11.8 Å². The number of aromatic nitrogens is 1. The molecule has 76 valence electrons. The van der Waals surface area contributed by atoms with E-state index in [-0.39, 0.29) is 21.6 Å². The zero-order valence-corrected chi connectivity index (χ0v) is 8.12. The Bertz CT molecular complexity index is 556. The first-order valence-electron chi connectivity index (χ1n) is 4.07. The molecular weight excluding hydrogens is 221 g/mol. The Morgan fingerprint density at radius 3 is 2.73 bits per heavy atom. The van der Waals surface area contributed by atoms with Gasteiger partial charge in [-0.2, -0.15) is 0 Å². The number of halogens is 2. The monoisotopic (exact) mass is 225 g/mol. The second-order valence-corrected chi connectivity index (χ2v) is 3.32. The molecule has 0 saturated heterocycles. The lowest BCUT2D eigenvalue weighted by atomic mass is 10.1. The molecule has 0 saturated carbocycles. The van der Waals surface area contributed by atoms with Crippen molar-refractivity contribution < 1.29 is 14.3 Å². The van der Waals surface area contributed by atoms with Gasteiger partial charge < -0.3 is 5.11 Å². The fourth-order valence-corrected chi connectivity index (χ4v) is 1.49. The molecule has 0 aliphatic rings. The molecule has 2 aromatic rings. The molecule has 0 fully saturated rings.